The van der Waals surface area contributed by atoms with Crippen LogP contribution in [-0.2, 0) is 58.0 Å². The molecular formula is C72H114N2O13Si3. The van der Waals surface area contributed by atoms with E-state index in [0.717, 1.165) is 41.7 Å². The lowest BCUT2D eigenvalue weighted by molar-refractivity contribution is -0.297. The van der Waals surface area contributed by atoms with Gasteiger partial charge in [-0.05, 0) is 98.4 Å². The molecule has 2 aromatic heterocycles. The molecule has 0 radical (unpaired) electrons. The van der Waals surface area contributed by atoms with Crippen LogP contribution in [-0.4, -0.2) is 135 Å². The van der Waals surface area contributed by atoms with Gasteiger partial charge in [0.2, 0.25) is 14.2 Å². The first-order chi connectivity index (χ1) is 42.3. The number of ether oxygens (including phenoxy) is 8. The van der Waals surface area contributed by atoms with E-state index in [4.69, 9.17) is 65.5 Å². The number of esters is 1. The molecule has 90 heavy (non-hydrogen) atoms. The van der Waals surface area contributed by atoms with Gasteiger partial charge in [0.15, 0.2) is 20.0 Å². The van der Waals surface area contributed by atoms with E-state index in [1.54, 1.807) is 39.9 Å². The third-order valence-electron chi connectivity index (χ3n) is 19.8. The number of allylic oxidation sites excluding steroid dienone is 2. The van der Waals surface area contributed by atoms with Gasteiger partial charge in [0, 0.05) is 71.3 Å². The zero-order valence-electron chi connectivity index (χ0n) is 58.8. The molecule has 4 saturated heterocycles. The average molecular weight is 1300 g/mol. The van der Waals surface area contributed by atoms with Crippen molar-refractivity contribution in [1.29, 1.82) is 0 Å². The normalized spacial score (nSPS) is 30.5. The number of hydrogen-bond acceptors (Lipinski definition) is 15. The van der Waals surface area contributed by atoms with Crippen LogP contribution >= 0.6 is 0 Å². The van der Waals surface area contributed by atoms with Crippen molar-refractivity contribution < 1.29 is 60.4 Å². The Kier molecular flexibility index (Phi) is 25.8. The van der Waals surface area contributed by atoms with Gasteiger partial charge >= 0.3 is 5.97 Å². The van der Waals surface area contributed by atoms with Crippen molar-refractivity contribution in [2.75, 3.05) is 21.3 Å². The number of oxazole rings is 2. The number of fused-ring (bicyclic) bond motifs is 9. The quantitative estimate of drug-likeness (QED) is 0.0429. The number of aromatic nitrogens is 2. The summed E-state index contributed by atoms with van der Waals surface area (Å²) < 4.78 is 80.2. The van der Waals surface area contributed by atoms with Gasteiger partial charge in [-0.15, -0.1) is 11.5 Å². The summed E-state index contributed by atoms with van der Waals surface area (Å²) in [5, 5.41) is 0.0525. The van der Waals surface area contributed by atoms with Gasteiger partial charge < -0.3 is 55.6 Å². The van der Waals surface area contributed by atoms with Crippen LogP contribution in [0, 0.1) is 23.3 Å². The molecule has 1 unspecified atom stereocenters. The summed E-state index contributed by atoms with van der Waals surface area (Å²) in [6.07, 6.45) is 22.7. The Morgan fingerprint density at radius 1 is 0.833 bits per heavy atom. The molecule has 0 spiro atoms. The summed E-state index contributed by atoms with van der Waals surface area (Å²) in [6.45, 7) is 44.8. The Balaban J connectivity index is 1.14. The van der Waals surface area contributed by atoms with E-state index in [2.05, 4.69) is 152 Å². The smallest absolute Gasteiger partial charge is 0.330 e. The first-order valence-corrected chi connectivity index (χ1v) is 42.1. The fraction of sp³-hybridized carbons (Fsp3) is 0.708. The summed E-state index contributed by atoms with van der Waals surface area (Å²) in [4.78, 5) is 24.0. The Hall–Kier alpha value is -3.82. The highest BCUT2D eigenvalue weighted by molar-refractivity contribution is 6.83. The minimum absolute atomic E-state index is 0.00393. The Morgan fingerprint density at radius 2 is 1.53 bits per heavy atom. The second-order valence-electron chi connectivity index (χ2n) is 30.1. The molecule has 5 aliphatic rings. The maximum Gasteiger partial charge on any atom is 0.330 e. The molecule has 8 bridgehead atoms. The summed E-state index contributed by atoms with van der Waals surface area (Å²) in [6, 6.07) is 0. The molecule has 0 amide bonds. The van der Waals surface area contributed by atoms with Crippen LogP contribution in [0.4, 0.5) is 0 Å². The number of carbonyl (C=O) groups is 1. The van der Waals surface area contributed by atoms with Gasteiger partial charge in [0.05, 0.1) is 67.5 Å². The van der Waals surface area contributed by atoms with Crippen LogP contribution in [0.3, 0.4) is 0 Å². The highest BCUT2D eigenvalue weighted by Gasteiger charge is 2.52. The van der Waals surface area contributed by atoms with E-state index in [0.29, 0.717) is 79.0 Å². The fourth-order valence-corrected chi connectivity index (χ4v) is 21.7. The van der Waals surface area contributed by atoms with E-state index in [-0.39, 0.29) is 72.1 Å². The van der Waals surface area contributed by atoms with Gasteiger partial charge in [0.25, 0.3) is 0 Å². The molecule has 15 nitrogen and oxygen atoms in total. The summed E-state index contributed by atoms with van der Waals surface area (Å²) in [5.41, 5.74) is 8.92. The summed E-state index contributed by atoms with van der Waals surface area (Å²) >= 11 is 0. The molecule has 7 rings (SSSR count). The second kappa shape index (κ2) is 31.6. The molecule has 0 saturated carbocycles. The van der Waals surface area contributed by atoms with Crippen LogP contribution in [0.2, 0.25) is 54.4 Å². The fourth-order valence-electron chi connectivity index (χ4n) is 14.2. The zero-order chi connectivity index (χ0) is 66.1. The minimum atomic E-state index is -2.46. The molecule has 18 heteroatoms. The predicted molar refractivity (Wildman–Crippen MR) is 365 cm³/mol. The molecular weight excluding hydrogens is 1190 g/mol. The highest BCUT2D eigenvalue weighted by atomic mass is 28.4. The van der Waals surface area contributed by atoms with E-state index >= 15 is 0 Å². The first-order valence-electron chi connectivity index (χ1n) is 33.5. The van der Waals surface area contributed by atoms with E-state index < -0.39 is 60.9 Å². The predicted octanol–water partition coefficient (Wildman–Crippen LogP) is 16.6. The molecule has 502 valence electrons. The van der Waals surface area contributed by atoms with Crippen molar-refractivity contribution in [3.63, 3.8) is 0 Å². The van der Waals surface area contributed by atoms with Crippen molar-refractivity contribution in [1.82, 2.24) is 9.97 Å². The van der Waals surface area contributed by atoms with Gasteiger partial charge in [-0.1, -0.05) is 144 Å². The van der Waals surface area contributed by atoms with Crippen LogP contribution in [0.1, 0.15) is 183 Å². The molecule has 4 fully saturated rings. The van der Waals surface area contributed by atoms with Crippen LogP contribution in [0.25, 0.3) is 12.2 Å². The Morgan fingerprint density at radius 3 is 2.19 bits per heavy atom. The number of hydrogen-bond donors (Lipinski definition) is 0. The van der Waals surface area contributed by atoms with E-state index in [1.165, 1.54) is 0 Å². The first kappa shape index (κ1) is 73.6. The molecule has 0 aliphatic carbocycles. The zero-order valence-corrected chi connectivity index (χ0v) is 61.8. The maximum absolute atomic E-state index is 13.9. The monoisotopic (exact) mass is 1300 g/mol. The topological polar surface area (TPSA) is 161 Å². The molecule has 5 aliphatic heterocycles. The van der Waals surface area contributed by atoms with Crippen molar-refractivity contribution in [2.45, 2.75) is 294 Å². The Labute approximate surface area is 544 Å². The number of carbonyl (C=O) groups excluding carboxylic acids is 1. The standard InChI is InChI=1S/C72H114N2O13Si3/c1-46(2)90(47(3)4,48(5)6)87-65(36-49(7)31-32-55(76-15)27-25-33-88(18,19)20)64-41-60(77-16)42-72(78-17,85-64)43-67-73-54(44-79-67)37-51(9)69-53(11)70-52(10)62(83-69)28-24-29-66-74-61(45-80-66)63-40-59(86-89(21,22)71(12,13)14)39-58(82-63)38-57-35-50(8)34-56(81-57)26-23-30-68(75)84-70/h23-24,29-32,36-37,44-48,52-53,55-60,62-65,69-70H,8,26-28,34-35,38-43H2,1-7,9-22H3/t52-,53-,55+,56-,57+,58+,59+,60+,62+,63+,64+,65+,69?,70-,72-/m0/s1. The van der Waals surface area contributed by atoms with Crippen molar-refractivity contribution in [3.05, 3.63) is 95.4 Å². The number of nitrogens with zero attached hydrogens (tertiary/aromatic N) is 2. The third-order valence-corrected chi connectivity index (χ3v) is 31.4. The van der Waals surface area contributed by atoms with Crippen molar-refractivity contribution >= 4 is 42.8 Å². The van der Waals surface area contributed by atoms with Gasteiger partial charge in [-0.2, -0.15) is 0 Å². The van der Waals surface area contributed by atoms with Crippen LogP contribution in [0.5, 0.6) is 0 Å². The number of methoxy groups -OCH3 is 3. The van der Waals surface area contributed by atoms with Crippen molar-refractivity contribution in [2.24, 2.45) is 11.8 Å². The highest BCUT2D eigenvalue weighted by Crippen LogP contribution is 2.47. The van der Waals surface area contributed by atoms with Crippen LogP contribution < -0.4 is 0 Å². The maximum atomic E-state index is 13.9. The van der Waals surface area contributed by atoms with Gasteiger partial charge in [0.1, 0.15) is 44.2 Å². The lowest BCUT2D eigenvalue weighted by Crippen LogP contribution is -2.57. The lowest BCUT2D eigenvalue weighted by Gasteiger charge is -2.49. The summed E-state index contributed by atoms with van der Waals surface area (Å²) in [5.74, 6) is 2.37. The van der Waals surface area contributed by atoms with Gasteiger partial charge in [-0.25, -0.2) is 14.8 Å². The Bertz CT molecular complexity index is 2880. The summed E-state index contributed by atoms with van der Waals surface area (Å²) in [7, 11) is -0.923. The molecule has 0 N–H and O–H groups in total. The largest absolute Gasteiger partial charge is 0.458 e. The molecule has 15 atom stereocenters. The van der Waals surface area contributed by atoms with E-state index in [9.17, 15) is 4.79 Å². The molecule has 7 heterocycles. The van der Waals surface area contributed by atoms with E-state index in [1.807, 2.05) is 31.2 Å². The molecule has 0 aromatic carbocycles. The number of rotatable bonds is 19. The minimum Gasteiger partial charge on any atom is -0.458 e. The van der Waals surface area contributed by atoms with Gasteiger partial charge in [-0.3, -0.25) is 0 Å². The average Bonchev–Trinajstić information content (AvgIpc) is 0.946. The lowest BCUT2D eigenvalue weighted by atomic mass is 9.79. The SMILES string of the molecule is C=C1C[C@@H]2C[C@@H]3C[C@@H](O[Si](C)(C)C(C)(C)C)C[C@@H](O3)c3coc(n3)C=CC[C@H]3OC(C(C)=Cc4coc(C[C@]5(OC)C[C@H](OC)C[C@H]([C@@H](C=C(C)C=C[C@@H](CC#C[Si](C)(C)C)OC)O[Si](C(C)C)(C(C)C)C(C)C)O5)n4)[C@H](C)[C@@H](OC(=O)C=CC[C@@H](C1)O2)[C@H]3C. The molecule has 2 aromatic rings. The third kappa shape index (κ3) is 19.4. The second-order valence-corrected chi connectivity index (χ2v) is 45.0. The van der Waals surface area contributed by atoms with Crippen molar-refractivity contribution in [3.8, 4) is 11.5 Å². The van der Waals surface area contributed by atoms with Crippen LogP contribution in [0.15, 0.2) is 81.1 Å².